The van der Waals surface area contributed by atoms with E-state index in [-0.39, 0.29) is 5.91 Å². The molecular formula is C16H24N4O. The maximum Gasteiger partial charge on any atom is 0.251 e. The van der Waals surface area contributed by atoms with E-state index in [1.165, 1.54) is 0 Å². The number of rotatable bonds is 6. The Balaban J connectivity index is 2.02. The Morgan fingerprint density at radius 1 is 1.38 bits per heavy atom. The van der Waals surface area contributed by atoms with E-state index in [2.05, 4.69) is 34.0 Å². The zero-order chi connectivity index (χ0) is 15.4. The minimum Gasteiger partial charge on any atom is -0.352 e. The fourth-order valence-corrected chi connectivity index (χ4v) is 2.14. The van der Waals surface area contributed by atoms with E-state index in [1.807, 2.05) is 32.3 Å². The van der Waals surface area contributed by atoms with E-state index in [9.17, 15) is 4.79 Å². The second-order valence-corrected chi connectivity index (χ2v) is 5.92. The third-order valence-corrected chi connectivity index (χ3v) is 3.38. The average molecular weight is 288 g/mol. The molecule has 0 unspecified atom stereocenters. The molecular weight excluding hydrogens is 264 g/mol. The van der Waals surface area contributed by atoms with Crippen LogP contribution in [0.1, 0.15) is 42.4 Å². The molecule has 2 rings (SSSR count). The van der Waals surface area contributed by atoms with Gasteiger partial charge in [-0.25, -0.2) is 4.98 Å². The molecule has 0 radical (unpaired) electrons. The number of hydrogen-bond acceptors (Lipinski definition) is 3. The largest absolute Gasteiger partial charge is 0.352 e. The van der Waals surface area contributed by atoms with Gasteiger partial charge in [0.1, 0.15) is 5.82 Å². The Labute approximate surface area is 125 Å². The van der Waals surface area contributed by atoms with Gasteiger partial charge in [0, 0.05) is 18.0 Å². The SMILES string of the molecule is CC(C)c1nc2ccc(C(=O)NCCCN(C)C)cc2[nH]1. The summed E-state index contributed by atoms with van der Waals surface area (Å²) >= 11 is 0. The van der Waals surface area contributed by atoms with Gasteiger partial charge in [-0.3, -0.25) is 4.79 Å². The van der Waals surface area contributed by atoms with Crippen LogP contribution < -0.4 is 5.32 Å². The minimum absolute atomic E-state index is 0.0312. The summed E-state index contributed by atoms with van der Waals surface area (Å²) in [7, 11) is 4.06. The molecule has 5 nitrogen and oxygen atoms in total. The van der Waals surface area contributed by atoms with Crippen molar-refractivity contribution in [1.29, 1.82) is 0 Å². The predicted octanol–water partition coefficient (Wildman–Crippen LogP) is 2.37. The Morgan fingerprint density at radius 2 is 2.14 bits per heavy atom. The van der Waals surface area contributed by atoms with Gasteiger partial charge in [0.15, 0.2) is 0 Å². The molecule has 0 aliphatic carbocycles. The maximum absolute atomic E-state index is 12.1. The van der Waals surface area contributed by atoms with Crippen LogP contribution >= 0.6 is 0 Å². The molecule has 1 heterocycles. The molecule has 0 bridgehead atoms. The highest BCUT2D eigenvalue weighted by Gasteiger charge is 2.10. The summed E-state index contributed by atoms with van der Waals surface area (Å²) in [5.74, 6) is 1.27. The van der Waals surface area contributed by atoms with Crippen molar-refractivity contribution in [3.8, 4) is 0 Å². The summed E-state index contributed by atoms with van der Waals surface area (Å²) in [6.45, 7) is 5.85. The number of nitrogens with zero attached hydrogens (tertiary/aromatic N) is 2. The van der Waals surface area contributed by atoms with Crippen LogP contribution in [-0.4, -0.2) is 48.0 Å². The molecule has 21 heavy (non-hydrogen) atoms. The highest BCUT2D eigenvalue weighted by molar-refractivity contribution is 5.97. The van der Waals surface area contributed by atoms with Crippen molar-refractivity contribution in [3.63, 3.8) is 0 Å². The molecule has 5 heteroatoms. The number of benzene rings is 1. The first-order chi connectivity index (χ1) is 9.97. The number of carbonyl (C=O) groups is 1. The first-order valence-corrected chi connectivity index (χ1v) is 7.40. The molecule has 0 fully saturated rings. The van der Waals surface area contributed by atoms with Crippen molar-refractivity contribution in [1.82, 2.24) is 20.2 Å². The number of carbonyl (C=O) groups excluding carboxylic acids is 1. The second kappa shape index (κ2) is 6.72. The zero-order valence-corrected chi connectivity index (χ0v) is 13.2. The monoisotopic (exact) mass is 288 g/mol. The summed E-state index contributed by atoms with van der Waals surface area (Å²) in [6, 6.07) is 5.59. The van der Waals surface area contributed by atoms with Crippen LogP contribution in [-0.2, 0) is 0 Å². The number of imidazole rings is 1. The number of aromatic nitrogens is 2. The number of H-pyrrole nitrogens is 1. The third kappa shape index (κ3) is 4.04. The van der Waals surface area contributed by atoms with Gasteiger partial charge < -0.3 is 15.2 Å². The fourth-order valence-electron chi connectivity index (χ4n) is 2.14. The maximum atomic E-state index is 12.1. The molecule has 1 aromatic carbocycles. The smallest absolute Gasteiger partial charge is 0.251 e. The van der Waals surface area contributed by atoms with Crippen LogP contribution in [0.2, 0.25) is 0 Å². The van der Waals surface area contributed by atoms with E-state index in [0.29, 0.717) is 18.0 Å². The molecule has 0 spiro atoms. The van der Waals surface area contributed by atoms with Crippen molar-refractivity contribution in [2.24, 2.45) is 0 Å². The summed E-state index contributed by atoms with van der Waals surface area (Å²) in [5.41, 5.74) is 2.49. The van der Waals surface area contributed by atoms with Crippen molar-refractivity contribution in [3.05, 3.63) is 29.6 Å². The lowest BCUT2D eigenvalue weighted by molar-refractivity contribution is 0.0952. The fraction of sp³-hybridized carbons (Fsp3) is 0.500. The van der Waals surface area contributed by atoms with Crippen molar-refractivity contribution >= 4 is 16.9 Å². The lowest BCUT2D eigenvalue weighted by Gasteiger charge is -2.09. The van der Waals surface area contributed by atoms with Crippen LogP contribution in [0.5, 0.6) is 0 Å². The van der Waals surface area contributed by atoms with Crippen LogP contribution in [0.4, 0.5) is 0 Å². The topological polar surface area (TPSA) is 61.0 Å². The molecule has 0 saturated heterocycles. The molecule has 2 aromatic rings. The Hall–Kier alpha value is -1.88. The van der Waals surface area contributed by atoms with Gasteiger partial charge in [0.05, 0.1) is 11.0 Å². The molecule has 114 valence electrons. The number of nitrogens with one attached hydrogen (secondary N) is 2. The van der Waals surface area contributed by atoms with Crippen molar-refractivity contribution < 1.29 is 4.79 Å². The summed E-state index contributed by atoms with van der Waals surface area (Å²) in [4.78, 5) is 22.0. The van der Waals surface area contributed by atoms with Gasteiger partial charge in [-0.15, -0.1) is 0 Å². The first-order valence-electron chi connectivity index (χ1n) is 7.40. The molecule has 1 aromatic heterocycles. The van der Waals surface area contributed by atoms with Crippen LogP contribution in [0.15, 0.2) is 18.2 Å². The second-order valence-electron chi connectivity index (χ2n) is 5.92. The molecule has 0 saturated carbocycles. The molecule has 1 amide bonds. The molecule has 0 aliphatic rings. The summed E-state index contributed by atoms with van der Waals surface area (Å²) in [6.07, 6.45) is 0.947. The number of fused-ring (bicyclic) bond motifs is 1. The van der Waals surface area contributed by atoms with E-state index in [0.717, 1.165) is 29.8 Å². The highest BCUT2D eigenvalue weighted by atomic mass is 16.1. The van der Waals surface area contributed by atoms with Crippen LogP contribution in [0, 0.1) is 0 Å². The Morgan fingerprint density at radius 3 is 2.81 bits per heavy atom. The Kier molecular flexibility index (Phi) is 4.96. The molecule has 2 N–H and O–H groups in total. The summed E-state index contributed by atoms with van der Waals surface area (Å²) in [5, 5.41) is 2.95. The highest BCUT2D eigenvalue weighted by Crippen LogP contribution is 2.18. The minimum atomic E-state index is -0.0312. The van der Waals surface area contributed by atoms with Gasteiger partial charge in [0.25, 0.3) is 5.91 Å². The van der Waals surface area contributed by atoms with Gasteiger partial charge >= 0.3 is 0 Å². The zero-order valence-electron chi connectivity index (χ0n) is 13.2. The van der Waals surface area contributed by atoms with E-state index in [1.54, 1.807) is 0 Å². The van der Waals surface area contributed by atoms with Crippen molar-refractivity contribution in [2.75, 3.05) is 27.2 Å². The number of amides is 1. The van der Waals surface area contributed by atoms with Gasteiger partial charge in [0.2, 0.25) is 0 Å². The normalized spacial score (nSPS) is 11.5. The molecule has 0 atom stereocenters. The standard InChI is InChI=1S/C16H24N4O/c1-11(2)15-18-13-7-6-12(10-14(13)19-15)16(21)17-8-5-9-20(3)4/h6-7,10-11H,5,8-9H2,1-4H3,(H,17,21)(H,18,19). The van der Waals surface area contributed by atoms with Gasteiger partial charge in [-0.2, -0.15) is 0 Å². The number of hydrogen-bond donors (Lipinski definition) is 2. The van der Waals surface area contributed by atoms with Crippen LogP contribution in [0.3, 0.4) is 0 Å². The Bertz CT molecular complexity index is 616. The molecule has 0 aliphatic heterocycles. The summed E-state index contributed by atoms with van der Waals surface area (Å²) < 4.78 is 0. The lowest BCUT2D eigenvalue weighted by Crippen LogP contribution is -2.27. The quantitative estimate of drug-likeness (QED) is 0.802. The third-order valence-electron chi connectivity index (χ3n) is 3.38. The van der Waals surface area contributed by atoms with Crippen LogP contribution in [0.25, 0.3) is 11.0 Å². The van der Waals surface area contributed by atoms with Gasteiger partial charge in [-0.05, 0) is 45.3 Å². The van der Waals surface area contributed by atoms with Gasteiger partial charge in [-0.1, -0.05) is 13.8 Å². The van der Waals surface area contributed by atoms with Crippen molar-refractivity contribution in [2.45, 2.75) is 26.2 Å². The van der Waals surface area contributed by atoms with E-state index < -0.39 is 0 Å². The first kappa shape index (κ1) is 15.5. The van der Waals surface area contributed by atoms with E-state index >= 15 is 0 Å². The number of aromatic amines is 1. The van der Waals surface area contributed by atoms with E-state index in [4.69, 9.17) is 0 Å². The lowest BCUT2D eigenvalue weighted by atomic mass is 10.2. The predicted molar refractivity (Wildman–Crippen MR) is 85.7 cm³/mol. The average Bonchev–Trinajstić information content (AvgIpc) is 2.86.